The van der Waals surface area contributed by atoms with Crippen molar-refractivity contribution in [3.05, 3.63) is 24.0 Å². The van der Waals surface area contributed by atoms with Crippen molar-refractivity contribution < 1.29 is 4.79 Å². The van der Waals surface area contributed by atoms with Crippen LogP contribution in [0.1, 0.15) is 42.6 Å². The molecular formula is C13H19N3O. The zero-order valence-corrected chi connectivity index (χ0v) is 9.98. The first-order chi connectivity index (χ1) is 8.25. The summed E-state index contributed by atoms with van der Waals surface area (Å²) in [7, 11) is 0. The van der Waals surface area contributed by atoms with Gasteiger partial charge < -0.3 is 11.1 Å². The third kappa shape index (κ3) is 3.44. The number of nitrogen functional groups attached to an aromatic ring is 1. The van der Waals surface area contributed by atoms with E-state index >= 15 is 0 Å². The molecule has 0 spiro atoms. The molecule has 1 fully saturated rings. The molecule has 2 rings (SSSR count). The highest BCUT2D eigenvalue weighted by atomic mass is 16.1. The fourth-order valence-corrected chi connectivity index (χ4v) is 2.29. The van der Waals surface area contributed by atoms with Crippen molar-refractivity contribution in [1.29, 1.82) is 0 Å². The van der Waals surface area contributed by atoms with E-state index in [-0.39, 0.29) is 5.91 Å². The molecule has 3 N–H and O–H groups in total. The van der Waals surface area contributed by atoms with Gasteiger partial charge in [0, 0.05) is 18.4 Å². The van der Waals surface area contributed by atoms with Crippen molar-refractivity contribution in [3.63, 3.8) is 0 Å². The molecule has 1 aliphatic carbocycles. The topological polar surface area (TPSA) is 68.0 Å². The van der Waals surface area contributed by atoms with Gasteiger partial charge in [-0.15, -0.1) is 0 Å². The zero-order valence-electron chi connectivity index (χ0n) is 9.98. The van der Waals surface area contributed by atoms with Gasteiger partial charge in [-0.3, -0.25) is 9.78 Å². The maximum Gasteiger partial charge on any atom is 0.269 e. The molecule has 0 radical (unpaired) electrons. The quantitative estimate of drug-likeness (QED) is 0.838. The lowest BCUT2D eigenvalue weighted by Gasteiger charge is -2.21. The van der Waals surface area contributed by atoms with Crippen LogP contribution in [0, 0.1) is 5.92 Å². The molecule has 1 amide bonds. The third-order valence-electron chi connectivity index (χ3n) is 3.29. The first kappa shape index (κ1) is 11.9. The summed E-state index contributed by atoms with van der Waals surface area (Å²) in [5, 5.41) is 2.94. The Labute approximate surface area is 102 Å². The average molecular weight is 233 g/mol. The van der Waals surface area contributed by atoms with E-state index in [1.54, 1.807) is 18.3 Å². The van der Waals surface area contributed by atoms with Crippen molar-refractivity contribution in [1.82, 2.24) is 10.3 Å². The van der Waals surface area contributed by atoms with Crippen LogP contribution in [0.3, 0.4) is 0 Å². The highest BCUT2D eigenvalue weighted by Crippen LogP contribution is 2.22. The van der Waals surface area contributed by atoms with E-state index in [9.17, 15) is 4.79 Å². The van der Waals surface area contributed by atoms with E-state index in [0.29, 0.717) is 17.3 Å². The molecule has 0 atom stereocenters. The van der Waals surface area contributed by atoms with E-state index in [1.807, 2.05) is 0 Å². The number of hydrogen-bond acceptors (Lipinski definition) is 3. The largest absolute Gasteiger partial charge is 0.399 e. The number of aromatic nitrogens is 1. The molecular weight excluding hydrogens is 214 g/mol. The summed E-state index contributed by atoms with van der Waals surface area (Å²) in [6, 6.07) is 3.29. The van der Waals surface area contributed by atoms with Gasteiger partial charge in [0.1, 0.15) is 5.69 Å². The monoisotopic (exact) mass is 233 g/mol. The summed E-state index contributed by atoms with van der Waals surface area (Å²) in [5.41, 5.74) is 6.59. The molecule has 1 aromatic rings. The number of carbonyl (C=O) groups is 1. The summed E-state index contributed by atoms with van der Waals surface area (Å²) < 4.78 is 0. The average Bonchev–Trinajstić information content (AvgIpc) is 2.37. The molecule has 0 unspecified atom stereocenters. The second-order valence-corrected chi connectivity index (χ2v) is 4.69. The van der Waals surface area contributed by atoms with Crippen LogP contribution in [0.15, 0.2) is 18.3 Å². The van der Waals surface area contributed by atoms with E-state index < -0.39 is 0 Å². The molecule has 17 heavy (non-hydrogen) atoms. The molecule has 0 bridgehead atoms. The standard InChI is InChI=1S/C13H19N3O/c14-11-6-7-15-12(8-11)13(17)16-9-10-4-2-1-3-5-10/h6-8,10H,1-5,9H2,(H2,14,15)(H,16,17). The number of nitrogens with two attached hydrogens (primary N) is 1. The molecule has 1 heterocycles. The fourth-order valence-electron chi connectivity index (χ4n) is 2.29. The minimum Gasteiger partial charge on any atom is -0.399 e. The minimum atomic E-state index is -0.122. The molecule has 0 aromatic carbocycles. The summed E-state index contributed by atoms with van der Waals surface area (Å²) in [4.78, 5) is 15.8. The number of amides is 1. The lowest BCUT2D eigenvalue weighted by Crippen LogP contribution is -2.30. The van der Waals surface area contributed by atoms with Crippen molar-refractivity contribution in [2.24, 2.45) is 5.92 Å². The molecule has 0 aliphatic heterocycles. The number of hydrogen-bond donors (Lipinski definition) is 2. The zero-order chi connectivity index (χ0) is 12.1. The number of nitrogens with zero attached hydrogens (tertiary/aromatic N) is 1. The number of carbonyl (C=O) groups excluding carboxylic acids is 1. The van der Waals surface area contributed by atoms with Gasteiger partial charge in [0.05, 0.1) is 0 Å². The molecule has 92 valence electrons. The van der Waals surface area contributed by atoms with Crippen LogP contribution < -0.4 is 11.1 Å². The number of rotatable bonds is 3. The third-order valence-corrected chi connectivity index (χ3v) is 3.29. The van der Waals surface area contributed by atoms with E-state index in [1.165, 1.54) is 32.1 Å². The molecule has 4 nitrogen and oxygen atoms in total. The maximum absolute atomic E-state index is 11.8. The Bertz CT molecular complexity index is 386. The Kier molecular flexibility index (Phi) is 3.96. The predicted molar refractivity (Wildman–Crippen MR) is 67.6 cm³/mol. The molecule has 1 aliphatic rings. The van der Waals surface area contributed by atoms with Crippen LogP contribution in [-0.2, 0) is 0 Å². The van der Waals surface area contributed by atoms with Crippen molar-refractivity contribution in [3.8, 4) is 0 Å². The van der Waals surface area contributed by atoms with Crippen LogP contribution in [0.4, 0.5) is 5.69 Å². The first-order valence-electron chi connectivity index (χ1n) is 6.25. The molecule has 0 saturated heterocycles. The van der Waals surface area contributed by atoms with Gasteiger partial charge in [-0.1, -0.05) is 19.3 Å². The smallest absolute Gasteiger partial charge is 0.269 e. The van der Waals surface area contributed by atoms with Gasteiger partial charge in [-0.25, -0.2) is 0 Å². The van der Waals surface area contributed by atoms with Gasteiger partial charge in [0.15, 0.2) is 0 Å². The van der Waals surface area contributed by atoms with Crippen LogP contribution in [0.2, 0.25) is 0 Å². The lowest BCUT2D eigenvalue weighted by molar-refractivity contribution is 0.0938. The number of nitrogens with one attached hydrogen (secondary N) is 1. The van der Waals surface area contributed by atoms with E-state index in [2.05, 4.69) is 10.3 Å². The second kappa shape index (κ2) is 5.66. The maximum atomic E-state index is 11.8. The van der Waals surface area contributed by atoms with Crippen molar-refractivity contribution >= 4 is 11.6 Å². The van der Waals surface area contributed by atoms with Crippen LogP contribution in [0.5, 0.6) is 0 Å². The van der Waals surface area contributed by atoms with E-state index in [0.717, 1.165) is 6.54 Å². The van der Waals surface area contributed by atoms with Gasteiger partial charge in [-0.05, 0) is 30.9 Å². The first-order valence-corrected chi connectivity index (χ1v) is 6.25. The summed E-state index contributed by atoms with van der Waals surface area (Å²) >= 11 is 0. The van der Waals surface area contributed by atoms with Crippen LogP contribution in [-0.4, -0.2) is 17.4 Å². The summed E-state index contributed by atoms with van der Waals surface area (Å²) in [5.74, 6) is 0.511. The van der Waals surface area contributed by atoms with Gasteiger partial charge >= 0.3 is 0 Å². The Morgan fingerprint density at radius 3 is 2.88 bits per heavy atom. The van der Waals surface area contributed by atoms with Crippen molar-refractivity contribution in [2.45, 2.75) is 32.1 Å². The molecule has 1 aromatic heterocycles. The van der Waals surface area contributed by atoms with Crippen LogP contribution in [0.25, 0.3) is 0 Å². The van der Waals surface area contributed by atoms with Gasteiger partial charge in [-0.2, -0.15) is 0 Å². The Morgan fingerprint density at radius 2 is 2.18 bits per heavy atom. The van der Waals surface area contributed by atoms with Gasteiger partial charge in [0.2, 0.25) is 0 Å². The normalized spacial score (nSPS) is 16.7. The SMILES string of the molecule is Nc1ccnc(C(=O)NCC2CCCCC2)c1. The summed E-state index contributed by atoms with van der Waals surface area (Å²) in [6.07, 6.45) is 7.93. The fraction of sp³-hybridized carbons (Fsp3) is 0.538. The Balaban J connectivity index is 1.84. The van der Waals surface area contributed by atoms with Crippen molar-refractivity contribution in [2.75, 3.05) is 12.3 Å². The molecule has 4 heteroatoms. The minimum absolute atomic E-state index is 0.122. The number of pyridine rings is 1. The highest BCUT2D eigenvalue weighted by Gasteiger charge is 2.15. The molecule has 1 saturated carbocycles. The second-order valence-electron chi connectivity index (χ2n) is 4.69. The number of anilines is 1. The van der Waals surface area contributed by atoms with E-state index in [4.69, 9.17) is 5.73 Å². The van der Waals surface area contributed by atoms with Gasteiger partial charge in [0.25, 0.3) is 5.91 Å². The Hall–Kier alpha value is -1.58. The summed E-state index contributed by atoms with van der Waals surface area (Å²) in [6.45, 7) is 0.759. The highest BCUT2D eigenvalue weighted by molar-refractivity contribution is 5.92. The van der Waals surface area contributed by atoms with Crippen LogP contribution >= 0.6 is 0 Å². The predicted octanol–water partition coefficient (Wildman–Crippen LogP) is 1.97. The Morgan fingerprint density at radius 1 is 1.41 bits per heavy atom. The lowest BCUT2D eigenvalue weighted by atomic mass is 9.89.